The highest BCUT2D eigenvalue weighted by Gasteiger charge is 2.26. The average molecular weight is 487 g/mol. The second-order valence-electron chi connectivity index (χ2n) is 6.46. The zero-order chi connectivity index (χ0) is 24.1. The number of anilines is 1. The van der Waals surface area contributed by atoms with Gasteiger partial charge in [0.1, 0.15) is 16.4 Å². The van der Waals surface area contributed by atoms with E-state index in [4.69, 9.17) is 9.47 Å². The third-order valence-electron chi connectivity index (χ3n) is 4.54. The molecule has 2 aromatic carbocycles. The van der Waals surface area contributed by atoms with Gasteiger partial charge in [0, 0.05) is 13.1 Å². The third kappa shape index (κ3) is 5.31. The third-order valence-corrected chi connectivity index (χ3v) is 7.97. The van der Waals surface area contributed by atoms with Crippen LogP contribution in [0.5, 0.6) is 11.5 Å². The van der Waals surface area contributed by atoms with Crippen LogP contribution in [0.4, 0.5) is 5.69 Å². The highest BCUT2D eigenvalue weighted by molar-refractivity contribution is 7.93. The summed E-state index contributed by atoms with van der Waals surface area (Å²) in [6.45, 7) is 5.77. The minimum Gasteiger partial charge on any atom is -0.495 e. The van der Waals surface area contributed by atoms with Gasteiger partial charge in [-0.2, -0.15) is 4.31 Å². The summed E-state index contributed by atoms with van der Waals surface area (Å²) < 4.78 is 66.1. The standard InChI is InChI=1S/C20H26N2O8S2/c1-5-22(6-2)32(27,28)15-9-11-17(30-7-3)16(13-15)21-31(25,26)19-12-14(20(23)24)8-10-18(19)29-4/h8-13,21H,5-7H2,1-4H3,(H,23,24). The molecular weight excluding hydrogens is 460 g/mol. The van der Waals surface area contributed by atoms with E-state index in [-0.39, 0.29) is 47.3 Å². The number of hydrogen-bond acceptors (Lipinski definition) is 7. The summed E-state index contributed by atoms with van der Waals surface area (Å²) >= 11 is 0. The molecule has 0 unspecified atom stereocenters. The van der Waals surface area contributed by atoms with Crippen molar-refractivity contribution in [2.24, 2.45) is 0 Å². The van der Waals surface area contributed by atoms with Crippen molar-refractivity contribution in [3.8, 4) is 11.5 Å². The Labute approximate surface area is 187 Å². The molecule has 0 bridgehead atoms. The largest absolute Gasteiger partial charge is 0.495 e. The lowest BCUT2D eigenvalue weighted by atomic mass is 10.2. The fourth-order valence-corrected chi connectivity index (χ4v) is 5.70. The van der Waals surface area contributed by atoms with Crippen molar-refractivity contribution in [2.45, 2.75) is 30.6 Å². The maximum absolute atomic E-state index is 13.1. The Morgan fingerprint density at radius 2 is 1.62 bits per heavy atom. The molecule has 0 amide bonds. The molecule has 0 spiro atoms. The number of hydrogen-bond donors (Lipinski definition) is 2. The summed E-state index contributed by atoms with van der Waals surface area (Å²) in [7, 11) is -6.99. The fourth-order valence-electron chi connectivity index (χ4n) is 2.96. The number of nitrogens with zero attached hydrogens (tertiary/aromatic N) is 1. The first-order chi connectivity index (χ1) is 15.0. The number of carbonyl (C=O) groups is 1. The van der Waals surface area contributed by atoms with Gasteiger partial charge in [0.15, 0.2) is 0 Å². The van der Waals surface area contributed by atoms with E-state index >= 15 is 0 Å². The smallest absolute Gasteiger partial charge is 0.335 e. The van der Waals surface area contributed by atoms with Crippen LogP contribution in [0.3, 0.4) is 0 Å². The molecule has 0 saturated carbocycles. The second-order valence-corrected chi connectivity index (χ2v) is 10.0. The zero-order valence-corrected chi connectivity index (χ0v) is 19.8. The summed E-state index contributed by atoms with van der Waals surface area (Å²) in [5.41, 5.74) is -0.364. The lowest BCUT2D eigenvalue weighted by molar-refractivity contribution is 0.0696. The second kappa shape index (κ2) is 10.2. The molecule has 12 heteroatoms. The van der Waals surface area contributed by atoms with E-state index in [1.54, 1.807) is 20.8 Å². The highest BCUT2D eigenvalue weighted by Crippen LogP contribution is 2.33. The highest BCUT2D eigenvalue weighted by atomic mass is 32.2. The number of ether oxygens (including phenoxy) is 2. The van der Waals surface area contributed by atoms with Gasteiger partial charge >= 0.3 is 5.97 Å². The monoisotopic (exact) mass is 486 g/mol. The van der Waals surface area contributed by atoms with Gasteiger partial charge in [-0.3, -0.25) is 4.72 Å². The van der Waals surface area contributed by atoms with Gasteiger partial charge < -0.3 is 14.6 Å². The molecule has 176 valence electrons. The SMILES string of the molecule is CCOc1ccc(S(=O)(=O)N(CC)CC)cc1NS(=O)(=O)c1cc(C(=O)O)ccc1OC. The number of methoxy groups -OCH3 is 1. The number of carboxylic acids is 1. The molecule has 32 heavy (non-hydrogen) atoms. The van der Waals surface area contributed by atoms with Crippen molar-refractivity contribution in [2.75, 3.05) is 31.5 Å². The molecule has 0 fully saturated rings. The molecule has 0 atom stereocenters. The van der Waals surface area contributed by atoms with Crippen LogP contribution < -0.4 is 14.2 Å². The van der Waals surface area contributed by atoms with Crippen LogP contribution in [0.15, 0.2) is 46.2 Å². The first-order valence-electron chi connectivity index (χ1n) is 9.72. The van der Waals surface area contributed by atoms with Gasteiger partial charge in [0.25, 0.3) is 10.0 Å². The fraction of sp³-hybridized carbons (Fsp3) is 0.350. The van der Waals surface area contributed by atoms with E-state index in [1.165, 1.54) is 41.7 Å². The molecule has 0 saturated heterocycles. The van der Waals surface area contributed by atoms with Crippen LogP contribution in [-0.4, -0.2) is 59.0 Å². The van der Waals surface area contributed by atoms with Gasteiger partial charge in [-0.15, -0.1) is 0 Å². The average Bonchev–Trinajstić information content (AvgIpc) is 2.74. The summed E-state index contributed by atoms with van der Waals surface area (Å²) in [5, 5.41) is 9.22. The van der Waals surface area contributed by atoms with Gasteiger partial charge in [-0.1, -0.05) is 13.8 Å². The van der Waals surface area contributed by atoms with E-state index in [9.17, 15) is 26.7 Å². The summed E-state index contributed by atoms with van der Waals surface area (Å²) in [6.07, 6.45) is 0. The molecule has 2 N–H and O–H groups in total. The Kier molecular flexibility index (Phi) is 8.10. The number of carboxylic acid groups (broad SMARTS) is 1. The van der Waals surface area contributed by atoms with Crippen molar-refractivity contribution in [1.82, 2.24) is 4.31 Å². The number of aromatic carboxylic acids is 1. The van der Waals surface area contributed by atoms with Crippen LogP contribution >= 0.6 is 0 Å². The Morgan fingerprint density at radius 3 is 2.16 bits per heavy atom. The minimum absolute atomic E-state index is 0.0765. The van der Waals surface area contributed by atoms with E-state index in [1.807, 2.05) is 0 Å². The zero-order valence-electron chi connectivity index (χ0n) is 18.2. The molecule has 10 nitrogen and oxygen atoms in total. The number of rotatable bonds is 11. The molecule has 0 radical (unpaired) electrons. The van der Waals surface area contributed by atoms with Crippen LogP contribution in [0.1, 0.15) is 31.1 Å². The van der Waals surface area contributed by atoms with Gasteiger partial charge in [0.2, 0.25) is 10.0 Å². The Morgan fingerprint density at radius 1 is 1.00 bits per heavy atom. The van der Waals surface area contributed by atoms with Crippen molar-refractivity contribution < 1.29 is 36.2 Å². The minimum atomic E-state index is -4.37. The summed E-state index contributed by atoms with van der Waals surface area (Å²) in [4.78, 5) is 10.8. The van der Waals surface area contributed by atoms with Crippen molar-refractivity contribution in [1.29, 1.82) is 0 Å². The van der Waals surface area contributed by atoms with E-state index in [2.05, 4.69) is 4.72 Å². The van der Waals surface area contributed by atoms with Gasteiger partial charge in [-0.25, -0.2) is 21.6 Å². The Bertz CT molecular complexity index is 1190. The molecule has 0 aliphatic heterocycles. The quantitative estimate of drug-likeness (QED) is 0.494. The predicted octanol–water partition coefficient (Wildman–Crippen LogP) is 2.62. The predicted molar refractivity (Wildman–Crippen MR) is 118 cm³/mol. The van der Waals surface area contributed by atoms with Crippen LogP contribution in [-0.2, 0) is 20.0 Å². The number of benzene rings is 2. The Hall–Kier alpha value is -2.83. The topological polar surface area (TPSA) is 139 Å². The van der Waals surface area contributed by atoms with Crippen molar-refractivity contribution in [3.05, 3.63) is 42.0 Å². The van der Waals surface area contributed by atoms with Crippen LogP contribution in [0.2, 0.25) is 0 Å². The van der Waals surface area contributed by atoms with E-state index in [0.717, 1.165) is 6.07 Å². The lowest BCUT2D eigenvalue weighted by Gasteiger charge is -2.20. The molecule has 2 aromatic rings. The van der Waals surface area contributed by atoms with Crippen LogP contribution in [0, 0.1) is 0 Å². The van der Waals surface area contributed by atoms with E-state index < -0.39 is 30.9 Å². The number of sulfonamides is 2. The molecule has 0 heterocycles. The summed E-state index contributed by atoms with van der Waals surface area (Å²) in [5.74, 6) is -1.28. The van der Waals surface area contributed by atoms with Crippen LogP contribution in [0.25, 0.3) is 0 Å². The number of nitrogens with one attached hydrogen (secondary N) is 1. The van der Waals surface area contributed by atoms with Crippen molar-refractivity contribution >= 4 is 31.7 Å². The molecule has 0 aliphatic carbocycles. The van der Waals surface area contributed by atoms with Gasteiger partial charge in [0.05, 0.1) is 29.9 Å². The Balaban J connectivity index is 2.62. The molecular formula is C20H26N2O8S2. The lowest BCUT2D eigenvalue weighted by Crippen LogP contribution is -2.30. The summed E-state index contributed by atoms with van der Waals surface area (Å²) in [6, 6.07) is 7.26. The maximum atomic E-state index is 13.1. The van der Waals surface area contributed by atoms with E-state index in [0.29, 0.717) is 0 Å². The normalized spacial score (nSPS) is 11.9. The molecule has 2 rings (SSSR count). The first-order valence-corrected chi connectivity index (χ1v) is 12.6. The van der Waals surface area contributed by atoms with Gasteiger partial charge in [-0.05, 0) is 43.3 Å². The molecule has 0 aromatic heterocycles. The first kappa shape index (κ1) is 25.4. The maximum Gasteiger partial charge on any atom is 0.335 e. The molecule has 0 aliphatic rings. The van der Waals surface area contributed by atoms with Crippen molar-refractivity contribution in [3.63, 3.8) is 0 Å².